The predicted molar refractivity (Wildman–Crippen MR) is 75.3 cm³/mol. The topological polar surface area (TPSA) is 100 Å². The summed E-state index contributed by atoms with van der Waals surface area (Å²) in [5, 5.41) is 0. The minimum absolute atomic E-state index is 0.656. The standard InChI is InChI=1S/C8H15N2O.C2F6NO4S2/c1-4-11-7-10-6-5-9(3)8(10)2;3-1(4,5)14(10,11)9-15(12,13)2(6,7)8/h5-6H,4,7H2,1-3H3;/q+1;-1. The number of nitrogens with zero attached hydrogens (tertiary/aromatic N) is 3. The Bertz CT molecular complexity index is 756. The molecule has 0 amide bonds. The Hall–Kier alpha value is -1.39. The second-order valence-electron chi connectivity index (χ2n) is 4.46. The van der Waals surface area contributed by atoms with E-state index < -0.39 is 31.1 Å². The van der Waals surface area contributed by atoms with Crippen molar-refractivity contribution in [2.24, 2.45) is 7.05 Å². The van der Waals surface area contributed by atoms with E-state index in [1.807, 2.05) is 26.4 Å². The van der Waals surface area contributed by atoms with Crippen LogP contribution in [-0.4, -0.2) is 39.0 Å². The lowest BCUT2D eigenvalue weighted by Crippen LogP contribution is -2.30. The van der Waals surface area contributed by atoms with Crippen LogP contribution in [0.3, 0.4) is 0 Å². The molecule has 1 aromatic heterocycles. The van der Waals surface area contributed by atoms with E-state index in [-0.39, 0.29) is 0 Å². The van der Waals surface area contributed by atoms with E-state index in [0.29, 0.717) is 6.73 Å². The van der Waals surface area contributed by atoms with Gasteiger partial charge in [0.05, 0.1) is 7.05 Å². The Kier molecular flexibility index (Phi) is 8.08. The Balaban J connectivity index is 0.000000502. The molecule has 0 aliphatic rings. The normalized spacial score (nSPS) is 13.3. The van der Waals surface area contributed by atoms with Crippen molar-refractivity contribution < 1.29 is 52.5 Å². The van der Waals surface area contributed by atoms with Crippen molar-refractivity contribution in [3.8, 4) is 0 Å². The molecule has 8 nitrogen and oxygen atoms in total. The Labute approximate surface area is 145 Å². The van der Waals surface area contributed by atoms with Gasteiger partial charge in [-0.15, -0.1) is 0 Å². The van der Waals surface area contributed by atoms with Crippen molar-refractivity contribution in [1.29, 1.82) is 0 Å². The highest BCUT2D eigenvalue weighted by atomic mass is 32.3. The highest BCUT2D eigenvalue weighted by Gasteiger charge is 2.46. The monoisotopic (exact) mass is 435 g/mol. The van der Waals surface area contributed by atoms with E-state index in [0.717, 1.165) is 10.7 Å². The minimum atomic E-state index is -6.72. The number of hydrogen-bond donors (Lipinski definition) is 0. The van der Waals surface area contributed by atoms with Gasteiger partial charge in [0.25, 0.3) is 5.82 Å². The van der Waals surface area contributed by atoms with Crippen LogP contribution in [0.15, 0.2) is 12.4 Å². The highest BCUT2D eigenvalue weighted by Crippen LogP contribution is 2.36. The molecule has 154 valence electrons. The van der Waals surface area contributed by atoms with Crippen molar-refractivity contribution in [2.45, 2.75) is 31.6 Å². The largest absolute Gasteiger partial charge is 0.480 e. The molecule has 0 atom stereocenters. The number of aromatic nitrogens is 2. The van der Waals surface area contributed by atoms with Gasteiger partial charge >= 0.3 is 11.0 Å². The Morgan fingerprint density at radius 2 is 1.50 bits per heavy atom. The summed E-state index contributed by atoms with van der Waals surface area (Å²) < 4.78 is 119. The SMILES string of the molecule is CCOCn1cc[n+](C)c1C.O=S(=O)([N-]S(=O)(=O)C(F)(F)F)C(F)(F)F. The van der Waals surface area contributed by atoms with Crippen LogP contribution in [0.4, 0.5) is 26.3 Å². The third-order valence-electron chi connectivity index (χ3n) is 2.61. The van der Waals surface area contributed by atoms with Crippen molar-refractivity contribution in [2.75, 3.05) is 6.61 Å². The summed E-state index contributed by atoms with van der Waals surface area (Å²) >= 11 is 0. The zero-order chi connectivity index (χ0) is 21.0. The Morgan fingerprint density at radius 3 is 1.77 bits per heavy atom. The first-order chi connectivity index (χ1) is 11.5. The first-order valence-electron chi connectivity index (χ1n) is 6.42. The molecule has 26 heavy (non-hydrogen) atoms. The van der Waals surface area contributed by atoms with Crippen LogP contribution in [0.25, 0.3) is 4.13 Å². The van der Waals surface area contributed by atoms with E-state index in [1.165, 1.54) is 5.82 Å². The quantitative estimate of drug-likeness (QED) is 0.518. The van der Waals surface area contributed by atoms with Crippen molar-refractivity contribution >= 4 is 20.0 Å². The number of aryl methyl sites for hydroxylation is 1. The number of halogens is 6. The fourth-order valence-corrected chi connectivity index (χ4v) is 2.85. The fraction of sp³-hybridized carbons (Fsp3) is 0.700. The maximum Gasteiger partial charge on any atom is 0.480 e. The summed E-state index contributed by atoms with van der Waals surface area (Å²) in [5.74, 6) is 1.21. The molecule has 0 unspecified atom stereocenters. The van der Waals surface area contributed by atoms with Crippen LogP contribution < -0.4 is 4.57 Å². The molecule has 0 spiro atoms. The lowest BCUT2D eigenvalue weighted by Gasteiger charge is -2.22. The maximum absolute atomic E-state index is 11.4. The van der Waals surface area contributed by atoms with Crippen molar-refractivity contribution in [3.05, 3.63) is 22.3 Å². The fourth-order valence-electron chi connectivity index (χ4n) is 1.14. The number of rotatable bonds is 5. The van der Waals surface area contributed by atoms with Gasteiger partial charge in [-0.1, -0.05) is 0 Å². The predicted octanol–water partition coefficient (Wildman–Crippen LogP) is 1.67. The van der Waals surface area contributed by atoms with Crippen molar-refractivity contribution in [3.63, 3.8) is 0 Å². The molecule has 0 saturated carbocycles. The number of ether oxygens (including phenoxy) is 1. The summed E-state index contributed by atoms with van der Waals surface area (Å²) in [4.78, 5) is 0. The molecule has 0 aliphatic heterocycles. The van der Waals surface area contributed by atoms with Gasteiger partial charge in [0.15, 0.2) is 26.8 Å². The molecule has 0 bridgehead atoms. The number of sulfonamides is 2. The number of hydrogen-bond acceptors (Lipinski definition) is 5. The summed E-state index contributed by atoms with van der Waals surface area (Å²) in [5.41, 5.74) is -12.4. The number of imidazole rings is 1. The van der Waals surface area contributed by atoms with Crippen molar-refractivity contribution in [1.82, 2.24) is 4.57 Å². The molecule has 0 radical (unpaired) electrons. The lowest BCUT2D eigenvalue weighted by molar-refractivity contribution is -0.677. The van der Waals surface area contributed by atoms with Gasteiger partial charge in [0, 0.05) is 13.5 Å². The molecule has 1 aromatic rings. The molecular formula is C10H15F6N3O5S2. The van der Waals surface area contributed by atoms with Gasteiger partial charge in [-0.25, -0.2) is 26.0 Å². The summed E-state index contributed by atoms with van der Waals surface area (Å²) in [7, 11) is -11.4. The third kappa shape index (κ3) is 6.73. The zero-order valence-corrected chi connectivity index (χ0v) is 15.2. The zero-order valence-electron chi connectivity index (χ0n) is 13.5. The van der Waals surface area contributed by atoms with E-state index in [9.17, 15) is 43.2 Å². The van der Waals surface area contributed by atoms with Gasteiger partial charge < -0.3 is 8.86 Å². The smallest absolute Gasteiger partial charge is 0.421 e. The van der Waals surface area contributed by atoms with E-state index in [1.54, 1.807) is 0 Å². The molecule has 0 aliphatic carbocycles. The van der Waals surface area contributed by atoms with Crippen LogP contribution in [0.1, 0.15) is 12.7 Å². The molecular weight excluding hydrogens is 420 g/mol. The van der Waals surface area contributed by atoms with Crippen LogP contribution in [-0.2, 0) is 38.6 Å². The van der Waals surface area contributed by atoms with E-state index >= 15 is 0 Å². The summed E-state index contributed by atoms with van der Waals surface area (Å²) in [6.07, 6.45) is 4.04. The van der Waals surface area contributed by atoms with Gasteiger partial charge in [0.2, 0.25) is 0 Å². The van der Waals surface area contributed by atoms with Gasteiger partial charge in [-0.2, -0.15) is 26.3 Å². The third-order valence-corrected chi connectivity index (χ3v) is 5.35. The first-order valence-corrected chi connectivity index (χ1v) is 9.30. The first kappa shape index (κ1) is 24.6. The number of alkyl halides is 6. The average Bonchev–Trinajstić information content (AvgIpc) is 2.73. The summed E-state index contributed by atoms with van der Waals surface area (Å²) in [6, 6.07) is 0. The molecule has 0 fully saturated rings. The van der Waals surface area contributed by atoms with Crippen LogP contribution >= 0.6 is 0 Å². The van der Waals surface area contributed by atoms with Crippen LogP contribution in [0.5, 0.6) is 0 Å². The maximum atomic E-state index is 11.4. The second kappa shape index (κ2) is 8.53. The van der Waals surface area contributed by atoms with E-state index in [2.05, 4.69) is 16.1 Å². The van der Waals surface area contributed by atoms with Gasteiger partial charge in [-0.3, -0.25) is 0 Å². The highest BCUT2D eigenvalue weighted by molar-refractivity contribution is 8.13. The van der Waals surface area contributed by atoms with Gasteiger partial charge in [-0.05, 0) is 6.92 Å². The van der Waals surface area contributed by atoms with Crippen LogP contribution in [0.2, 0.25) is 0 Å². The lowest BCUT2D eigenvalue weighted by atomic mass is 10.7. The average molecular weight is 435 g/mol. The van der Waals surface area contributed by atoms with Gasteiger partial charge in [0.1, 0.15) is 12.4 Å². The molecule has 0 aromatic carbocycles. The molecule has 0 saturated heterocycles. The summed E-state index contributed by atoms with van der Waals surface area (Å²) in [6.45, 7) is 5.49. The molecule has 0 N–H and O–H groups in total. The van der Waals surface area contributed by atoms with Crippen LogP contribution in [0, 0.1) is 6.92 Å². The van der Waals surface area contributed by atoms with E-state index in [4.69, 9.17) is 4.74 Å². The molecule has 16 heteroatoms. The molecule has 1 heterocycles. The Morgan fingerprint density at radius 1 is 1.08 bits per heavy atom. The molecule has 1 rings (SSSR count). The minimum Gasteiger partial charge on any atom is -0.421 e. The second-order valence-corrected chi connectivity index (χ2v) is 7.89.